The summed E-state index contributed by atoms with van der Waals surface area (Å²) in [4.78, 5) is 24.0. The molecule has 0 aromatic heterocycles. The maximum Gasteiger partial charge on any atom is 0.405 e. The topological polar surface area (TPSA) is 135 Å². The highest BCUT2D eigenvalue weighted by Crippen LogP contribution is 2.23. The van der Waals surface area contributed by atoms with Crippen molar-refractivity contribution in [2.24, 2.45) is 0 Å². The Bertz CT molecular complexity index is 1010. The molecule has 8 heteroatoms. The number of ether oxygens (including phenoxy) is 1. The van der Waals surface area contributed by atoms with E-state index in [9.17, 15) is 14.9 Å². The molecule has 2 amide bonds. The van der Waals surface area contributed by atoms with Gasteiger partial charge in [0.2, 0.25) is 5.91 Å². The van der Waals surface area contributed by atoms with Crippen LogP contribution >= 0.6 is 0 Å². The molecule has 31 heavy (non-hydrogen) atoms. The molecule has 1 saturated heterocycles. The average molecular weight is 420 g/mol. The molecule has 0 spiro atoms. The summed E-state index contributed by atoms with van der Waals surface area (Å²) in [5, 5.41) is 32.6. The third-order valence-electron chi connectivity index (χ3n) is 5.33. The predicted molar refractivity (Wildman–Crippen MR) is 112 cm³/mol. The van der Waals surface area contributed by atoms with E-state index in [1.54, 1.807) is 12.1 Å². The SMILES string of the molecule is N#C[C@H](Cc1ccc(-c2ccc([14C]#N)cc2)cc1)NC(=O)C1(NC(=O)O)CCOCC1. The average Bonchev–Trinajstić information content (AvgIpc) is 2.79. The first-order valence-corrected chi connectivity index (χ1v) is 9.85. The highest BCUT2D eigenvalue weighted by atomic mass is 16.5. The first-order valence-electron chi connectivity index (χ1n) is 9.85. The maximum absolute atomic E-state index is 12.8. The van der Waals surface area contributed by atoms with Crippen molar-refractivity contribution in [1.29, 1.82) is 10.5 Å². The number of benzene rings is 2. The fourth-order valence-electron chi connectivity index (χ4n) is 3.56. The van der Waals surface area contributed by atoms with Crippen LogP contribution in [0.25, 0.3) is 11.1 Å². The van der Waals surface area contributed by atoms with Crippen LogP contribution < -0.4 is 10.6 Å². The summed E-state index contributed by atoms with van der Waals surface area (Å²) in [6.07, 6.45) is -0.579. The zero-order chi connectivity index (χ0) is 22.3. The van der Waals surface area contributed by atoms with E-state index in [4.69, 9.17) is 15.1 Å². The zero-order valence-electron chi connectivity index (χ0n) is 16.8. The van der Waals surface area contributed by atoms with Gasteiger partial charge in [-0.1, -0.05) is 36.4 Å². The van der Waals surface area contributed by atoms with Crippen LogP contribution in [0.2, 0.25) is 0 Å². The molecule has 3 rings (SSSR count). The van der Waals surface area contributed by atoms with Gasteiger partial charge in [0, 0.05) is 32.5 Å². The molecule has 8 nitrogen and oxygen atoms in total. The Hall–Kier alpha value is -3.88. The van der Waals surface area contributed by atoms with Crippen molar-refractivity contribution < 1.29 is 19.4 Å². The van der Waals surface area contributed by atoms with Crippen LogP contribution in [0, 0.1) is 22.7 Å². The van der Waals surface area contributed by atoms with Gasteiger partial charge in [-0.2, -0.15) is 10.5 Å². The van der Waals surface area contributed by atoms with Gasteiger partial charge in [-0.3, -0.25) is 4.79 Å². The van der Waals surface area contributed by atoms with Crippen LogP contribution in [0.15, 0.2) is 48.5 Å². The minimum absolute atomic E-state index is 0.211. The molecular weight excluding hydrogens is 398 g/mol. The van der Waals surface area contributed by atoms with Gasteiger partial charge in [0.25, 0.3) is 0 Å². The van der Waals surface area contributed by atoms with Crippen LogP contribution in [0.5, 0.6) is 0 Å². The normalized spacial score (nSPS) is 15.7. The number of carbonyl (C=O) groups excluding carboxylic acids is 1. The molecule has 1 heterocycles. The number of hydrogen-bond donors (Lipinski definition) is 3. The molecule has 158 valence electrons. The Balaban J connectivity index is 1.67. The molecular formula is C23H22N4O4. The summed E-state index contributed by atoms with van der Waals surface area (Å²) in [5.41, 5.74) is 2.09. The smallest absolute Gasteiger partial charge is 0.405 e. The van der Waals surface area contributed by atoms with Gasteiger partial charge >= 0.3 is 6.09 Å². The molecule has 1 aliphatic rings. The summed E-state index contributed by atoms with van der Waals surface area (Å²) >= 11 is 0. The Morgan fingerprint density at radius 1 is 1.10 bits per heavy atom. The number of nitrogens with zero attached hydrogens (tertiary/aromatic N) is 2. The van der Waals surface area contributed by atoms with Crippen molar-refractivity contribution in [2.45, 2.75) is 30.8 Å². The minimum atomic E-state index is -1.29. The monoisotopic (exact) mass is 420 g/mol. The number of nitriles is 2. The highest BCUT2D eigenvalue weighted by Gasteiger charge is 2.42. The van der Waals surface area contributed by atoms with Gasteiger partial charge in [-0.25, -0.2) is 4.79 Å². The van der Waals surface area contributed by atoms with Crippen LogP contribution in [-0.2, 0) is 16.0 Å². The highest BCUT2D eigenvalue weighted by molar-refractivity contribution is 5.90. The van der Waals surface area contributed by atoms with Gasteiger partial charge < -0.3 is 20.5 Å². The minimum Gasteiger partial charge on any atom is -0.465 e. The van der Waals surface area contributed by atoms with Gasteiger partial charge in [-0.15, -0.1) is 0 Å². The standard InChI is InChI=1S/C23H22N4O4/c24-14-17-3-7-19(8-4-17)18-5-1-16(2-6-18)13-20(15-25)26-21(28)23(27-22(29)30)9-11-31-12-10-23/h1-8,20,27H,9-13H2,(H,26,28)(H,29,30)/t20-/m0/s1/i14+2. The summed E-state index contributed by atoms with van der Waals surface area (Å²) < 4.78 is 5.25. The molecule has 1 fully saturated rings. The molecule has 0 saturated carbocycles. The number of carbonyl (C=O) groups is 2. The molecule has 1 atom stereocenters. The molecule has 2 aromatic carbocycles. The van der Waals surface area contributed by atoms with Crippen molar-refractivity contribution in [1.82, 2.24) is 10.6 Å². The Morgan fingerprint density at radius 3 is 2.19 bits per heavy atom. The van der Waals surface area contributed by atoms with Gasteiger partial charge in [-0.05, 0) is 28.8 Å². The zero-order valence-corrected chi connectivity index (χ0v) is 16.8. The quantitative estimate of drug-likeness (QED) is 0.657. The van der Waals surface area contributed by atoms with Crippen LogP contribution in [0.3, 0.4) is 0 Å². The van der Waals surface area contributed by atoms with Crippen molar-refractivity contribution in [2.75, 3.05) is 13.2 Å². The lowest BCUT2D eigenvalue weighted by atomic mass is 9.88. The lowest BCUT2D eigenvalue weighted by molar-refractivity contribution is -0.131. The van der Waals surface area contributed by atoms with Crippen LogP contribution in [0.4, 0.5) is 4.79 Å². The number of hydrogen-bond acceptors (Lipinski definition) is 5. The summed E-state index contributed by atoms with van der Waals surface area (Å²) in [6.45, 7) is 0.531. The molecule has 0 radical (unpaired) electrons. The van der Waals surface area contributed by atoms with E-state index >= 15 is 0 Å². The molecule has 0 bridgehead atoms. The second-order valence-corrected chi connectivity index (χ2v) is 7.37. The summed E-state index contributed by atoms with van der Waals surface area (Å²) in [5.74, 6) is -0.515. The predicted octanol–water partition coefficient (Wildman–Crippen LogP) is 2.59. The summed E-state index contributed by atoms with van der Waals surface area (Å²) in [6, 6.07) is 18.2. The maximum atomic E-state index is 12.8. The number of amides is 2. The first kappa shape index (κ1) is 21.8. The van der Waals surface area contributed by atoms with Gasteiger partial charge in [0.1, 0.15) is 11.6 Å². The van der Waals surface area contributed by atoms with Crippen molar-refractivity contribution in [3.8, 4) is 23.3 Å². The Morgan fingerprint density at radius 2 is 1.68 bits per heavy atom. The van der Waals surface area contributed by atoms with E-state index < -0.39 is 23.6 Å². The lowest BCUT2D eigenvalue weighted by Crippen LogP contribution is -2.62. The largest absolute Gasteiger partial charge is 0.465 e. The summed E-state index contributed by atoms with van der Waals surface area (Å²) in [7, 11) is 0. The number of carboxylic acid groups (broad SMARTS) is 1. The Labute approximate surface area is 180 Å². The molecule has 0 unspecified atom stereocenters. The van der Waals surface area contributed by atoms with Gasteiger partial charge in [0.15, 0.2) is 0 Å². The fraction of sp³-hybridized carbons (Fsp3) is 0.304. The molecule has 0 aliphatic carbocycles. The second kappa shape index (κ2) is 9.75. The van der Waals surface area contributed by atoms with E-state index in [0.717, 1.165) is 16.7 Å². The number of nitrogens with one attached hydrogen (secondary N) is 2. The lowest BCUT2D eigenvalue weighted by Gasteiger charge is -2.36. The van der Waals surface area contributed by atoms with Gasteiger partial charge in [0.05, 0.1) is 17.7 Å². The van der Waals surface area contributed by atoms with E-state index in [0.29, 0.717) is 5.56 Å². The van der Waals surface area contributed by atoms with Crippen molar-refractivity contribution in [3.05, 3.63) is 59.7 Å². The molecule has 3 N–H and O–H groups in total. The van der Waals surface area contributed by atoms with E-state index in [-0.39, 0.29) is 32.5 Å². The van der Waals surface area contributed by atoms with Crippen LogP contribution in [0.1, 0.15) is 24.0 Å². The van der Waals surface area contributed by atoms with E-state index in [1.807, 2.05) is 36.4 Å². The fourth-order valence-corrected chi connectivity index (χ4v) is 3.56. The Kier molecular flexibility index (Phi) is 6.86. The first-order chi connectivity index (χ1) is 15.0. The number of rotatable bonds is 6. The third-order valence-corrected chi connectivity index (χ3v) is 5.33. The molecule has 2 aromatic rings. The van der Waals surface area contributed by atoms with E-state index in [1.165, 1.54) is 0 Å². The van der Waals surface area contributed by atoms with E-state index in [2.05, 4.69) is 22.8 Å². The second-order valence-electron chi connectivity index (χ2n) is 7.37. The van der Waals surface area contributed by atoms with Crippen molar-refractivity contribution >= 4 is 12.0 Å². The van der Waals surface area contributed by atoms with Crippen molar-refractivity contribution in [3.63, 3.8) is 0 Å². The van der Waals surface area contributed by atoms with Crippen LogP contribution in [-0.4, -0.2) is 41.9 Å². The molecule has 1 aliphatic heterocycles. The third kappa shape index (κ3) is 5.39.